The number of phenols is 1. The fraction of sp³-hybridized carbons (Fsp3) is 0.238. The number of amides is 1. The molecule has 0 radical (unpaired) electrons. The maximum Gasteiger partial charge on any atom is 0.272 e. The van der Waals surface area contributed by atoms with E-state index in [4.69, 9.17) is 0 Å². The molecule has 1 amide bonds. The van der Waals surface area contributed by atoms with Gasteiger partial charge in [0.2, 0.25) is 0 Å². The minimum atomic E-state index is -0.305. The molecule has 2 aromatic carbocycles. The minimum Gasteiger partial charge on any atom is -0.508 e. The molecule has 0 bridgehead atoms. The zero-order valence-electron chi connectivity index (χ0n) is 14.9. The minimum absolute atomic E-state index is 0.162. The van der Waals surface area contributed by atoms with Crippen LogP contribution in [0.3, 0.4) is 0 Å². The van der Waals surface area contributed by atoms with E-state index in [1.165, 1.54) is 12.1 Å². The number of nitrogens with zero attached hydrogens (tertiary/aromatic N) is 2. The van der Waals surface area contributed by atoms with E-state index in [-0.39, 0.29) is 23.5 Å². The van der Waals surface area contributed by atoms with E-state index >= 15 is 0 Å². The fourth-order valence-electron chi connectivity index (χ4n) is 3.56. The summed E-state index contributed by atoms with van der Waals surface area (Å²) in [5, 5.41) is 17.1. The van der Waals surface area contributed by atoms with Gasteiger partial charge < -0.3 is 10.4 Å². The van der Waals surface area contributed by atoms with Crippen LogP contribution in [0.15, 0.2) is 48.5 Å². The first-order valence-corrected chi connectivity index (χ1v) is 8.99. The van der Waals surface area contributed by atoms with Gasteiger partial charge in [-0.25, -0.2) is 9.07 Å². The lowest BCUT2D eigenvalue weighted by atomic mass is 10.1. The van der Waals surface area contributed by atoms with Crippen LogP contribution < -0.4 is 5.32 Å². The van der Waals surface area contributed by atoms with Gasteiger partial charge in [-0.2, -0.15) is 5.10 Å². The molecule has 1 atom stereocenters. The van der Waals surface area contributed by atoms with Gasteiger partial charge in [0.15, 0.2) is 5.69 Å². The van der Waals surface area contributed by atoms with Gasteiger partial charge in [0.25, 0.3) is 5.91 Å². The summed E-state index contributed by atoms with van der Waals surface area (Å²) in [7, 11) is 0. The molecule has 0 saturated carbocycles. The molecule has 0 fully saturated rings. The first kappa shape index (κ1) is 17.3. The van der Waals surface area contributed by atoms with E-state index < -0.39 is 0 Å². The number of hydrogen-bond donors (Lipinski definition) is 2. The molecule has 3 aromatic rings. The molecule has 1 heterocycles. The van der Waals surface area contributed by atoms with E-state index in [1.54, 1.807) is 35.0 Å². The van der Waals surface area contributed by atoms with Crippen molar-refractivity contribution in [3.8, 4) is 11.4 Å². The molecule has 6 heteroatoms. The summed E-state index contributed by atoms with van der Waals surface area (Å²) in [5.41, 5.74) is 3.95. The molecule has 1 aliphatic carbocycles. The molecule has 1 unspecified atom stereocenters. The second-order valence-electron chi connectivity index (χ2n) is 6.81. The number of fused-ring (bicyclic) bond motifs is 1. The quantitative estimate of drug-likeness (QED) is 0.741. The Bertz CT molecular complexity index is 995. The second kappa shape index (κ2) is 6.87. The van der Waals surface area contributed by atoms with Crippen molar-refractivity contribution in [3.63, 3.8) is 0 Å². The number of halogens is 1. The summed E-state index contributed by atoms with van der Waals surface area (Å²) in [4.78, 5) is 12.9. The first-order valence-electron chi connectivity index (χ1n) is 8.99. The largest absolute Gasteiger partial charge is 0.508 e. The standard InChI is InChI=1S/C21H20FN3O2/c1-13(14-4-2-5-17(26)12-14)23-21(27)20-18-6-3-7-19(18)25(24-20)16-10-8-15(22)9-11-16/h2,4-5,8-13,26H,3,6-7H2,1H3,(H,23,27). The van der Waals surface area contributed by atoms with Crippen LogP contribution in [-0.2, 0) is 12.8 Å². The van der Waals surface area contributed by atoms with Crippen LogP contribution in [0.1, 0.15) is 46.7 Å². The molecule has 0 spiro atoms. The van der Waals surface area contributed by atoms with E-state index in [9.17, 15) is 14.3 Å². The normalized spacial score (nSPS) is 14.0. The average Bonchev–Trinajstić information content (AvgIpc) is 3.25. The molecule has 4 rings (SSSR count). The van der Waals surface area contributed by atoms with Gasteiger partial charge in [-0.3, -0.25) is 4.79 Å². The monoisotopic (exact) mass is 365 g/mol. The van der Waals surface area contributed by atoms with Gasteiger partial charge in [-0.15, -0.1) is 0 Å². The zero-order valence-corrected chi connectivity index (χ0v) is 14.9. The third kappa shape index (κ3) is 3.30. The van der Waals surface area contributed by atoms with E-state index in [0.29, 0.717) is 5.69 Å². The van der Waals surface area contributed by atoms with Crippen molar-refractivity contribution >= 4 is 5.91 Å². The smallest absolute Gasteiger partial charge is 0.272 e. The number of carbonyl (C=O) groups excluding carboxylic acids is 1. The highest BCUT2D eigenvalue weighted by atomic mass is 19.1. The Morgan fingerprint density at radius 2 is 2.00 bits per heavy atom. The van der Waals surface area contributed by atoms with Crippen molar-refractivity contribution in [3.05, 3.63) is 76.9 Å². The van der Waals surface area contributed by atoms with Gasteiger partial charge >= 0.3 is 0 Å². The average molecular weight is 365 g/mol. The SMILES string of the molecule is CC(NC(=O)c1nn(-c2ccc(F)cc2)c2c1CCC2)c1cccc(O)c1. The van der Waals surface area contributed by atoms with E-state index in [0.717, 1.165) is 41.8 Å². The number of carbonyl (C=O) groups is 1. The van der Waals surface area contributed by atoms with Gasteiger partial charge in [0, 0.05) is 11.3 Å². The topological polar surface area (TPSA) is 67.2 Å². The Kier molecular flexibility index (Phi) is 4.39. The van der Waals surface area contributed by atoms with Gasteiger partial charge in [0.1, 0.15) is 11.6 Å². The first-order chi connectivity index (χ1) is 13.0. The highest BCUT2D eigenvalue weighted by Crippen LogP contribution is 2.28. The number of aromatic hydroxyl groups is 1. The highest BCUT2D eigenvalue weighted by Gasteiger charge is 2.27. The lowest BCUT2D eigenvalue weighted by Crippen LogP contribution is -2.27. The van der Waals surface area contributed by atoms with Crippen molar-refractivity contribution in [1.29, 1.82) is 0 Å². The van der Waals surface area contributed by atoms with Gasteiger partial charge in [0.05, 0.1) is 11.7 Å². The third-order valence-electron chi connectivity index (χ3n) is 4.93. The van der Waals surface area contributed by atoms with E-state index in [1.807, 2.05) is 13.0 Å². The molecule has 27 heavy (non-hydrogen) atoms. The zero-order chi connectivity index (χ0) is 19.0. The van der Waals surface area contributed by atoms with Crippen LogP contribution in [-0.4, -0.2) is 20.8 Å². The van der Waals surface area contributed by atoms with Crippen LogP contribution in [0.5, 0.6) is 5.75 Å². The highest BCUT2D eigenvalue weighted by molar-refractivity contribution is 5.94. The molecule has 0 aliphatic heterocycles. The number of rotatable bonds is 4. The molecular formula is C21H20FN3O2. The summed E-state index contributed by atoms with van der Waals surface area (Å²) in [6.45, 7) is 1.86. The Balaban J connectivity index is 1.63. The summed E-state index contributed by atoms with van der Waals surface area (Å²) in [6, 6.07) is 12.7. The maximum atomic E-state index is 13.2. The number of benzene rings is 2. The molecular weight excluding hydrogens is 345 g/mol. The summed E-state index contributed by atoms with van der Waals surface area (Å²) < 4.78 is 15.0. The van der Waals surface area contributed by atoms with Crippen molar-refractivity contribution in [2.75, 3.05) is 0 Å². The lowest BCUT2D eigenvalue weighted by molar-refractivity contribution is 0.0933. The maximum absolute atomic E-state index is 13.2. The van der Waals surface area contributed by atoms with Crippen molar-refractivity contribution in [1.82, 2.24) is 15.1 Å². The van der Waals surface area contributed by atoms with Gasteiger partial charge in [-0.1, -0.05) is 12.1 Å². The van der Waals surface area contributed by atoms with Gasteiger partial charge in [-0.05, 0) is 68.1 Å². The Labute approximate surface area is 156 Å². The Morgan fingerprint density at radius 1 is 1.22 bits per heavy atom. The molecule has 138 valence electrons. The van der Waals surface area contributed by atoms with Crippen molar-refractivity contribution in [2.45, 2.75) is 32.2 Å². The van der Waals surface area contributed by atoms with Crippen LogP contribution in [0.2, 0.25) is 0 Å². The van der Waals surface area contributed by atoms with Crippen LogP contribution in [0, 0.1) is 5.82 Å². The third-order valence-corrected chi connectivity index (χ3v) is 4.93. The fourth-order valence-corrected chi connectivity index (χ4v) is 3.56. The molecule has 1 aromatic heterocycles. The summed E-state index contributed by atoms with van der Waals surface area (Å²) >= 11 is 0. The molecule has 1 aliphatic rings. The van der Waals surface area contributed by atoms with Crippen LogP contribution >= 0.6 is 0 Å². The number of aromatic nitrogens is 2. The van der Waals surface area contributed by atoms with Crippen LogP contribution in [0.25, 0.3) is 5.69 Å². The second-order valence-corrected chi connectivity index (χ2v) is 6.81. The van der Waals surface area contributed by atoms with Crippen molar-refractivity contribution in [2.24, 2.45) is 0 Å². The summed E-state index contributed by atoms with van der Waals surface area (Å²) in [6.07, 6.45) is 2.62. The number of phenolic OH excluding ortho intramolecular Hbond substituents is 1. The Morgan fingerprint density at radius 3 is 2.74 bits per heavy atom. The Hall–Kier alpha value is -3.15. The lowest BCUT2D eigenvalue weighted by Gasteiger charge is -2.14. The predicted molar refractivity (Wildman–Crippen MR) is 99.5 cm³/mol. The van der Waals surface area contributed by atoms with E-state index in [2.05, 4.69) is 10.4 Å². The number of nitrogens with one attached hydrogen (secondary N) is 1. The van der Waals surface area contributed by atoms with Crippen molar-refractivity contribution < 1.29 is 14.3 Å². The number of hydrogen-bond acceptors (Lipinski definition) is 3. The molecule has 2 N–H and O–H groups in total. The molecule has 5 nitrogen and oxygen atoms in total. The molecule has 0 saturated heterocycles. The summed E-state index contributed by atoms with van der Waals surface area (Å²) in [5.74, 6) is -0.389. The predicted octanol–water partition coefficient (Wildman–Crippen LogP) is 3.70. The van der Waals surface area contributed by atoms with Crippen LogP contribution in [0.4, 0.5) is 4.39 Å².